The molecule has 0 spiro atoms. The molecule has 3 rings (SSSR count). The van der Waals surface area contributed by atoms with Gasteiger partial charge in [-0.05, 0) is 43.3 Å². The summed E-state index contributed by atoms with van der Waals surface area (Å²) in [6.07, 6.45) is 1.98. The van der Waals surface area contributed by atoms with E-state index in [9.17, 15) is 0 Å². The predicted octanol–water partition coefficient (Wildman–Crippen LogP) is 4.14. The van der Waals surface area contributed by atoms with Crippen LogP contribution in [-0.2, 0) is 5.88 Å². The molecule has 2 heterocycles. The van der Waals surface area contributed by atoms with Crippen LogP contribution in [0.2, 0.25) is 0 Å². The molecular weight excluding hydrogens is 272 g/mol. The van der Waals surface area contributed by atoms with Crippen molar-refractivity contribution in [2.45, 2.75) is 12.8 Å². The van der Waals surface area contributed by atoms with E-state index < -0.39 is 0 Å². The minimum Gasteiger partial charge on any atom is -0.494 e. The molecule has 0 saturated heterocycles. The second kappa shape index (κ2) is 5.55. The third-order valence-corrected chi connectivity index (χ3v) is 3.45. The largest absolute Gasteiger partial charge is 0.494 e. The van der Waals surface area contributed by atoms with Gasteiger partial charge in [0.15, 0.2) is 0 Å². The number of fused-ring (bicyclic) bond motifs is 1. The Kier molecular flexibility index (Phi) is 3.61. The first kappa shape index (κ1) is 13.0. The van der Waals surface area contributed by atoms with Gasteiger partial charge in [-0.25, -0.2) is 4.98 Å². The number of benzene rings is 1. The van der Waals surface area contributed by atoms with Gasteiger partial charge >= 0.3 is 0 Å². The Morgan fingerprint density at radius 2 is 1.95 bits per heavy atom. The topological polar surface area (TPSA) is 26.5 Å². The van der Waals surface area contributed by atoms with Crippen LogP contribution >= 0.6 is 11.6 Å². The van der Waals surface area contributed by atoms with Gasteiger partial charge in [0.05, 0.1) is 23.9 Å². The van der Waals surface area contributed by atoms with E-state index in [4.69, 9.17) is 16.3 Å². The highest BCUT2D eigenvalue weighted by Gasteiger charge is 2.12. The second-order valence-corrected chi connectivity index (χ2v) is 4.69. The summed E-state index contributed by atoms with van der Waals surface area (Å²) in [5.74, 6) is 1.29. The number of halogens is 1. The highest BCUT2D eigenvalue weighted by Crippen LogP contribution is 2.27. The molecule has 0 bridgehead atoms. The van der Waals surface area contributed by atoms with Crippen molar-refractivity contribution in [1.29, 1.82) is 0 Å². The van der Waals surface area contributed by atoms with Gasteiger partial charge in [0.25, 0.3) is 0 Å². The summed E-state index contributed by atoms with van der Waals surface area (Å²) in [6.45, 7) is 2.64. The SMILES string of the molecule is CCOc1ccc(-c2nc3ccccn3c2CCl)cc1. The van der Waals surface area contributed by atoms with E-state index in [0.29, 0.717) is 12.5 Å². The Morgan fingerprint density at radius 1 is 1.15 bits per heavy atom. The molecule has 3 nitrogen and oxygen atoms in total. The highest BCUT2D eigenvalue weighted by molar-refractivity contribution is 6.17. The molecule has 2 aromatic heterocycles. The molecule has 0 atom stereocenters. The molecule has 102 valence electrons. The van der Waals surface area contributed by atoms with Crippen LogP contribution in [0.5, 0.6) is 5.75 Å². The van der Waals surface area contributed by atoms with Crippen LogP contribution < -0.4 is 4.74 Å². The summed E-state index contributed by atoms with van der Waals surface area (Å²) in [6, 6.07) is 13.9. The van der Waals surface area contributed by atoms with E-state index in [1.807, 2.05) is 60.0 Å². The zero-order chi connectivity index (χ0) is 13.9. The summed E-state index contributed by atoms with van der Waals surface area (Å²) >= 11 is 6.10. The predicted molar refractivity (Wildman–Crippen MR) is 81.4 cm³/mol. The van der Waals surface area contributed by atoms with Crippen molar-refractivity contribution in [3.05, 3.63) is 54.4 Å². The van der Waals surface area contributed by atoms with Gasteiger partial charge in [-0.1, -0.05) is 6.07 Å². The Hall–Kier alpha value is -2.00. The molecule has 1 aromatic carbocycles. The smallest absolute Gasteiger partial charge is 0.137 e. The van der Waals surface area contributed by atoms with Crippen molar-refractivity contribution in [2.24, 2.45) is 0 Å². The lowest BCUT2D eigenvalue weighted by Crippen LogP contribution is -1.92. The number of hydrogen-bond acceptors (Lipinski definition) is 2. The number of pyridine rings is 1. The Balaban J connectivity index is 2.09. The average Bonchev–Trinajstić information content (AvgIpc) is 2.87. The van der Waals surface area contributed by atoms with Gasteiger partial charge in [0.1, 0.15) is 11.4 Å². The normalized spacial score (nSPS) is 10.9. The van der Waals surface area contributed by atoms with Crippen molar-refractivity contribution in [2.75, 3.05) is 6.61 Å². The van der Waals surface area contributed by atoms with Gasteiger partial charge < -0.3 is 9.14 Å². The van der Waals surface area contributed by atoms with E-state index in [0.717, 1.165) is 28.3 Å². The molecular formula is C16H15ClN2O. The second-order valence-electron chi connectivity index (χ2n) is 4.43. The van der Waals surface area contributed by atoms with Crippen LogP contribution in [0.15, 0.2) is 48.7 Å². The lowest BCUT2D eigenvalue weighted by Gasteiger charge is -2.04. The summed E-state index contributed by atoms with van der Waals surface area (Å²) < 4.78 is 7.49. The first-order valence-electron chi connectivity index (χ1n) is 6.58. The van der Waals surface area contributed by atoms with E-state index in [2.05, 4.69) is 4.98 Å². The number of imidazole rings is 1. The number of ether oxygens (including phenoxy) is 1. The molecule has 0 aliphatic heterocycles. The molecule has 0 aliphatic carbocycles. The van der Waals surface area contributed by atoms with Gasteiger partial charge in [0.2, 0.25) is 0 Å². The number of hydrogen-bond donors (Lipinski definition) is 0. The number of nitrogens with zero attached hydrogens (tertiary/aromatic N) is 2. The van der Waals surface area contributed by atoms with E-state index in [1.54, 1.807) is 0 Å². The molecule has 0 amide bonds. The third-order valence-electron chi connectivity index (χ3n) is 3.19. The van der Waals surface area contributed by atoms with Crippen molar-refractivity contribution in [1.82, 2.24) is 9.38 Å². The van der Waals surface area contributed by atoms with Crippen LogP contribution in [0.25, 0.3) is 16.9 Å². The number of rotatable bonds is 4. The van der Waals surface area contributed by atoms with E-state index in [-0.39, 0.29) is 0 Å². The van der Waals surface area contributed by atoms with E-state index >= 15 is 0 Å². The zero-order valence-electron chi connectivity index (χ0n) is 11.2. The molecule has 4 heteroatoms. The minimum atomic E-state index is 0.424. The summed E-state index contributed by atoms with van der Waals surface area (Å²) in [7, 11) is 0. The standard InChI is InChI=1S/C16H15ClN2O/c1-2-20-13-8-6-12(7-9-13)16-14(11-17)19-10-4-3-5-15(19)18-16/h3-10H,2,11H2,1H3. The first-order chi connectivity index (χ1) is 9.83. The fourth-order valence-electron chi connectivity index (χ4n) is 2.28. The molecule has 0 unspecified atom stereocenters. The van der Waals surface area contributed by atoms with E-state index in [1.165, 1.54) is 0 Å². The molecule has 0 aliphatic rings. The summed E-state index contributed by atoms with van der Waals surface area (Å²) in [4.78, 5) is 4.67. The highest BCUT2D eigenvalue weighted by atomic mass is 35.5. The van der Waals surface area contributed by atoms with Crippen LogP contribution in [0, 0.1) is 0 Å². The fourth-order valence-corrected chi connectivity index (χ4v) is 2.54. The lowest BCUT2D eigenvalue weighted by molar-refractivity contribution is 0.340. The van der Waals surface area contributed by atoms with Gasteiger partial charge in [0, 0.05) is 11.8 Å². The Bertz CT molecular complexity index is 719. The summed E-state index contributed by atoms with van der Waals surface area (Å²) in [5, 5.41) is 0. The van der Waals surface area contributed by atoms with Crippen molar-refractivity contribution >= 4 is 17.2 Å². The molecule has 0 N–H and O–H groups in total. The van der Waals surface area contributed by atoms with Crippen molar-refractivity contribution < 1.29 is 4.74 Å². The fraction of sp³-hybridized carbons (Fsp3) is 0.188. The molecule has 3 aromatic rings. The zero-order valence-corrected chi connectivity index (χ0v) is 12.0. The minimum absolute atomic E-state index is 0.424. The first-order valence-corrected chi connectivity index (χ1v) is 7.12. The number of aromatic nitrogens is 2. The lowest BCUT2D eigenvalue weighted by atomic mass is 10.1. The number of alkyl halides is 1. The molecule has 0 fully saturated rings. The van der Waals surface area contributed by atoms with Gasteiger partial charge in [-0.15, -0.1) is 11.6 Å². The molecule has 20 heavy (non-hydrogen) atoms. The van der Waals surface area contributed by atoms with Crippen molar-refractivity contribution in [3.63, 3.8) is 0 Å². The van der Waals surface area contributed by atoms with Crippen LogP contribution in [0.1, 0.15) is 12.6 Å². The van der Waals surface area contributed by atoms with Crippen LogP contribution in [0.4, 0.5) is 0 Å². The van der Waals surface area contributed by atoms with Crippen LogP contribution in [-0.4, -0.2) is 16.0 Å². The maximum atomic E-state index is 6.10. The van der Waals surface area contributed by atoms with Crippen molar-refractivity contribution in [3.8, 4) is 17.0 Å². The molecule has 0 saturated carbocycles. The van der Waals surface area contributed by atoms with Gasteiger partial charge in [-0.2, -0.15) is 0 Å². The van der Waals surface area contributed by atoms with Gasteiger partial charge in [-0.3, -0.25) is 0 Å². The molecule has 0 radical (unpaired) electrons. The third kappa shape index (κ3) is 2.25. The van der Waals surface area contributed by atoms with Crippen LogP contribution in [0.3, 0.4) is 0 Å². The Labute approximate surface area is 122 Å². The monoisotopic (exact) mass is 286 g/mol. The summed E-state index contributed by atoms with van der Waals surface area (Å²) in [5.41, 5.74) is 3.89. The average molecular weight is 287 g/mol. The quantitative estimate of drug-likeness (QED) is 0.674. The maximum Gasteiger partial charge on any atom is 0.137 e. The Morgan fingerprint density at radius 3 is 2.65 bits per heavy atom. The maximum absolute atomic E-state index is 6.10.